The molecule has 0 fully saturated rings. The van der Waals surface area contributed by atoms with Crippen LogP contribution in [0.25, 0.3) is 0 Å². The molecule has 0 aliphatic rings. The fourth-order valence-corrected chi connectivity index (χ4v) is 2.40. The average Bonchev–Trinajstić information content (AvgIpc) is 2.34. The maximum atomic E-state index is 12.2. The summed E-state index contributed by atoms with van der Waals surface area (Å²) in [6, 6.07) is 4.26. The van der Waals surface area contributed by atoms with Crippen LogP contribution in [0.1, 0.15) is 17.3 Å². The Kier molecular flexibility index (Phi) is 5.74. The predicted octanol–water partition coefficient (Wildman–Crippen LogP) is 3.21. The van der Waals surface area contributed by atoms with Crippen LogP contribution in [-0.4, -0.2) is 34.2 Å². The average molecular weight is 380 g/mol. The van der Waals surface area contributed by atoms with Crippen LogP contribution in [0, 0.1) is 10.1 Å². The van der Waals surface area contributed by atoms with Crippen LogP contribution in [0.15, 0.2) is 22.7 Å². The number of alkyl halides is 1. The molecule has 0 aliphatic carbocycles. The number of hydrogen-bond acceptors (Lipinski definition) is 3. The Morgan fingerprint density at radius 2 is 2.11 bits per heavy atom. The zero-order valence-electron chi connectivity index (χ0n) is 9.73. The Hall–Kier alpha value is -0.950. The van der Waals surface area contributed by atoms with Gasteiger partial charge in [-0.2, -0.15) is 0 Å². The number of rotatable bonds is 5. The van der Waals surface area contributed by atoms with Gasteiger partial charge < -0.3 is 4.90 Å². The minimum Gasteiger partial charge on any atom is -0.338 e. The van der Waals surface area contributed by atoms with Crippen LogP contribution in [0.4, 0.5) is 5.69 Å². The maximum absolute atomic E-state index is 12.2. The van der Waals surface area contributed by atoms with Crippen molar-refractivity contribution in [3.8, 4) is 0 Å². The van der Waals surface area contributed by atoms with Gasteiger partial charge in [-0.1, -0.05) is 31.9 Å². The lowest BCUT2D eigenvalue weighted by Gasteiger charge is -2.19. The van der Waals surface area contributed by atoms with Crippen LogP contribution in [0.3, 0.4) is 0 Å². The third kappa shape index (κ3) is 3.78. The van der Waals surface area contributed by atoms with Gasteiger partial charge in [-0.05, 0) is 13.0 Å². The molecule has 1 amide bonds. The number of benzene rings is 1. The summed E-state index contributed by atoms with van der Waals surface area (Å²) in [7, 11) is 0. The molecule has 0 saturated heterocycles. The third-order valence-electron chi connectivity index (χ3n) is 2.36. The SMILES string of the molecule is CCN(CCBr)C(=O)c1cc(Br)cc([N+](=O)[O-])c1. The highest BCUT2D eigenvalue weighted by molar-refractivity contribution is 9.10. The fraction of sp³-hybridized carbons (Fsp3) is 0.364. The first-order chi connectivity index (χ1) is 8.49. The van der Waals surface area contributed by atoms with Crippen molar-refractivity contribution in [2.45, 2.75) is 6.92 Å². The summed E-state index contributed by atoms with van der Waals surface area (Å²) in [4.78, 5) is 24.0. The van der Waals surface area contributed by atoms with Crippen molar-refractivity contribution in [3.63, 3.8) is 0 Å². The topological polar surface area (TPSA) is 63.5 Å². The zero-order chi connectivity index (χ0) is 13.7. The molecule has 0 unspecified atom stereocenters. The molecule has 0 aromatic heterocycles. The van der Waals surface area contributed by atoms with Gasteiger partial charge in [-0.3, -0.25) is 14.9 Å². The van der Waals surface area contributed by atoms with Gasteiger partial charge >= 0.3 is 0 Å². The molecule has 0 bridgehead atoms. The third-order valence-corrected chi connectivity index (χ3v) is 3.18. The van der Waals surface area contributed by atoms with E-state index in [0.29, 0.717) is 28.5 Å². The van der Waals surface area contributed by atoms with Crippen LogP contribution in [-0.2, 0) is 0 Å². The minimum atomic E-state index is -0.512. The summed E-state index contributed by atoms with van der Waals surface area (Å²) in [6.07, 6.45) is 0. The van der Waals surface area contributed by atoms with E-state index in [0.717, 1.165) is 0 Å². The Morgan fingerprint density at radius 3 is 2.61 bits per heavy atom. The quantitative estimate of drug-likeness (QED) is 0.448. The molecule has 0 N–H and O–H groups in total. The van der Waals surface area contributed by atoms with Crippen molar-refractivity contribution in [3.05, 3.63) is 38.3 Å². The Balaban J connectivity index is 3.08. The van der Waals surface area contributed by atoms with E-state index in [9.17, 15) is 14.9 Å². The van der Waals surface area contributed by atoms with Gasteiger partial charge in [0.05, 0.1) is 4.92 Å². The Bertz CT molecular complexity index is 466. The first kappa shape index (κ1) is 15.1. The van der Waals surface area contributed by atoms with Crippen molar-refractivity contribution >= 4 is 43.5 Å². The lowest BCUT2D eigenvalue weighted by atomic mass is 10.1. The smallest absolute Gasteiger partial charge is 0.271 e. The van der Waals surface area contributed by atoms with Crippen LogP contribution < -0.4 is 0 Å². The molecule has 0 atom stereocenters. The number of nitro groups is 1. The van der Waals surface area contributed by atoms with Gasteiger partial charge in [0, 0.05) is 40.6 Å². The van der Waals surface area contributed by atoms with Crippen molar-refractivity contribution < 1.29 is 9.72 Å². The number of halogens is 2. The van der Waals surface area contributed by atoms with Gasteiger partial charge in [-0.15, -0.1) is 0 Å². The highest BCUT2D eigenvalue weighted by atomic mass is 79.9. The van der Waals surface area contributed by atoms with Crippen molar-refractivity contribution in [1.82, 2.24) is 4.90 Å². The number of hydrogen-bond donors (Lipinski definition) is 0. The molecule has 0 aliphatic heterocycles. The summed E-state index contributed by atoms with van der Waals surface area (Å²) >= 11 is 6.45. The van der Waals surface area contributed by atoms with E-state index >= 15 is 0 Å². The molecule has 1 aromatic carbocycles. The van der Waals surface area contributed by atoms with Gasteiger partial charge in [0.15, 0.2) is 0 Å². The van der Waals surface area contributed by atoms with E-state index in [1.165, 1.54) is 12.1 Å². The second kappa shape index (κ2) is 6.84. The molecule has 7 heteroatoms. The minimum absolute atomic E-state index is 0.0948. The maximum Gasteiger partial charge on any atom is 0.271 e. The summed E-state index contributed by atoms with van der Waals surface area (Å²) in [5, 5.41) is 11.4. The molecule has 1 rings (SSSR count). The molecule has 5 nitrogen and oxygen atoms in total. The molecule has 0 heterocycles. The van der Waals surface area contributed by atoms with E-state index in [1.807, 2.05) is 6.92 Å². The number of non-ortho nitro benzene ring substituents is 1. The van der Waals surface area contributed by atoms with Crippen LogP contribution in [0.5, 0.6) is 0 Å². The molecule has 0 saturated carbocycles. The van der Waals surface area contributed by atoms with Crippen LogP contribution in [0.2, 0.25) is 0 Å². The van der Waals surface area contributed by atoms with Gasteiger partial charge in [0.25, 0.3) is 11.6 Å². The van der Waals surface area contributed by atoms with E-state index in [4.69, 9.17) is 0 Å². The highest BCUT2D eigenvalue weighted by Gasteiger charge is 2.17. The monoisotopic (exact) mass is 378 g/mol. The first-order valence-electron chi connectivity index (χ1n) is 5.29. The molecule has 18 heavy (non-hydrogen) atoms. The lowest BCUT2D eigenvalue weighted by molar-refractivity contribution is -0.385. The van der Waals surface area contributed by atoms with Crippen molar-refractivity contribution in [2.75, 3.05) is 18.4 Å². The standard InChI is InChI=1S/C11H12Br2N2O3/c1-2-14(4-3-12)11(16)8-5-9(13)7-10(6-8)15(17)18/h5-7H,2-4H2,1H3. The molecule has 0 radical (unpaired) electrons. The second-order valence-electron chi connectivity index (χ2n) is 3.53. The fourth-order valence-electron chi connectivity index (χ4n) is 1.49. The van der Waals surface area contributed by atoms with E-state index in [1.54, 1.807) is 11.0 Å². The van der Waals surface area contributed by atoms with E-state index in [-0.39, 0.29) is 11.6 Å². The molecule has 98 valence electrons. The largest absolute Gasteiger partial charge is 0.338 e. The van der Waals surface area contributed by atoms with E-state index < -0.39 is 4.92 Å². The summed E-state index contributed by atoms with van der Waals surface area (Å²) < 4.78 is 0.523. The summed E-state index contributed by atoms with van der Waals surface area (Å²) in [5.74, 6) is -0.207. The summed E-state index contributed by atoms with van der Waals surface area (Å²) in [5.41, 5.74) is 0.224. The number of amides is 1. The summed E-state index contributed by atoms with van der Waals surface area (Å²) in [6.45, 7) is 2.99. The first-order valence-corrected chi connectivity index (χ1v) is 7.21. The Labute approximate surface area is 122 Å². The Morgan fingerprint density at radius 1 is 1.44 bits per heavy atom. The van der Waals surface area contributed by atoms with Gasteiger partial charge in [0.2, 0.25) is 0 Å². The zero-order valence-corrected chi connectivity index (χ0v) is 12.9. The normalized spacial score (nSPS) is 10.2. The van der Waals surface area contributed by atoms with Gasteiger partial charge in [-0.25, -0.2) is 0 Å². The molecular weight excluding hydrogens is 368 g/mol. The molecular formula is C11H12Br2N2O3. The number of nitrogens with zero attached hydrogens (tertiary/aromatic N) is 2. The number of carbonyl (C=O) groups is 1. The number of carbonyl (C=O) groups excluding carboxylic acids is 1. The van der Waals surface area contributed by atoms with Gasteiger partial charge in [0.1, 0.15) is 0 Å². The van der Waals surface area contributed by atoms with Crippen molar-refractivity contribution in [2.24, 2.45) is 0 Å². The molecule has 0 spiro atoms. The lowest BCUT2D eigenvalue weighted by Crippen LogP contribution is -2.32. The molecule has 1 aromatic rings. The number of nitro benzene ring substituents is 1. The highest BCUT2D eigenvalue weighted by Crippen LogP contribution is 2.22. The predicted molar refractivity (Wildman–Crippen MR) is 76.2 cm³/mol. The van der Waals surface area contributed by atoms with Crippen molar-refractivity contribution in [1.29, 1.82) is 0 Å². The second-order valence-corrected chi connectivity index (χ2v) is 5.24. The van der Waals surface area contributed by atoms with Crippen LogP contribution >= 0.6 is 31.9 Å². The van der Waals surface area contributed by atoms with E-state index in [2.05, 4.69) is 31.9 Å².